The first-order valence-corrected chi connectivity index (χ1v) is 8.41. The molecule has 2 aliphatic rings. The highest BCUT2D eigenvalue weighted by molar-refractivity contribution is 5.97. The maximum Gasteiger partial charge on any atom is 0.461 e. The number of aliphatic hydroxyl groups is 1. The van der Waals surface area contributed by atoms with Gasteiger partial charge in [0.05, 0.1) is 17.7 Å². The summed E-state index contributed by atoms with van der Waals surface area (Å²) in [5.74, 6) is -0.725. The van der Waals surface area contributed by atoms with Crippen LogP contribution in [0.2, 0.25) is 0 Å². The Bertz CT molecular complexity index is 659. The third-order valence-corrected chi connectivity index (χ3v) is 4.99. The highest BCUT2D eigenvalue weighted by atomic mass is 19.3. The van der Waals surface area contributed by atoms with Crippen molar-refractivity contribution in [3.05, 3.63) is 29.8 Å². The lowest BCUT2D eigenvalue weighted by molar-refractivity contribution is -0.253. The SMILES string of the molecule is O=C(N[C@H]1C[C@H]2CNC[C@H]2C[C@@H]1O)c1ccccc1OC(F)(F)C(F)F. The first kappa shape index (κ1) is 18.9. The minimum absolute atomic E-state index is 0.285. The molecule has 1 amide bonds. The van der Waals surface area contributed by atoms with E-state index in [1.807, 2.05) is 0 Å². The molecule has 0 radical (unpaired) electrons. The van der Waals surface area contributed by atoms with Crippen LogP contribution in [0, 0.1) is 11.8 Å². The van der Waals surface area contributed by atoms with Gasteiger partial charge in [0.1, 0.15) is 5.75 Å². The number of nitrogens with one attached hydrogen (secondary N) is 2. The molecule has 1 saturated carbocycles. The molecule has 1 saturated heterocycles. The molecule has 0 spiro atoms. The van der Waals surface area contributed by atoms with Crippen molar-refractivity contribution in [2.45, 2.75) is 37.5 Å². The predicted molar refractivity (Wildman–Crippen MR) is 84.4 cm³/mol. The van der Waals surface area contributed by atoms with Crippen LogP contribution in [0.5, 0.6) is 5.75 Å². The average Bonchev–Trinajstić information content (AvgIpc) is 3.02. The summed E-state index contributed by atoms with van der Waals surface area (Å²) >= 11 is 0. The number of para-hydroxylation sites is 1. The number of fused-ring (bicyclic) bond motifs is 1. The molecule has 3 rings (SSSR count). The van der Waals surface area contributed by atoms with Crippen molar-refractivity contribution in [1.82, 2.24) is 10.6 Å². The first-order valence-electron chi connectivity index (χ1n) is 8.41. The Morgan fingerprint density at radius 1 is 1.23 bits per heavy atom. The molecule has 3 N–H and O–H groups in total. The number of aliphatic hydroxyl groups excluding tert-OH is 1. The van der Waals surface area contributed by atoms with Gasteiger partial charge < -0.3 is 20.5 Å². The van der Waals surface area contributed by atoms with E-state index in [4.69, 9.17) is 0 Å². The van der Waals surface area contributed by atoms with E-state index in [1.165, 1.54) is 18.2 Å². The normalized spacial score (nSPS) is 28.7. The molecular weight excluding hydrogens is 356 g/mol. The third kappa shape index (κ3) is 3.93. The smallest absolute Gasteiger partial charge is 0.427 e. The summed E-state index contributed by atoms with van der Waals surface area (Å²) in [6.07, 6.45) is -8.39. The Morgan fingerprint density at radius 3 is 2.58 bits per heavy atom. The number of amides is 1. The Kier molecular flexibility index (Phi) is 5.38. The monoisotopic (exact) mass is 376 g/mol. The van der Waals surface area contributed by atoms with Crippen LogP contribution in [-0.2, 0) is 0 Å². The van der Waals surface area contributed by atoms with E-state index in [2.05, 4.69) is 15.4 Å². The number of carbonyl (C=O) groups is 1. The second kappa shape index (κ2) is 7.40. The van der Waals surface area contributed by atoms with Crippen LogP contribution in [0.3, 0.4) is 0 Å². The molecule has 1 aromatic rings. The van der Waals surface area contributed by atoms with E-state index in [0.29, 0.717) is 24.7 Å². The molecule has 4 atom stereocenters. The lowest BCUT2D eigenvalue weighted by atomic mass is 9.77. The van der Waals surface area contributed by atoms with Crippen molar-refractivity contribution in [1.29, 1.82) is 0 Å². The van der Waals surface area contributed by atoms with Crippen molar-refractivity contribution in [3.8, 4) is 5.75 Å². The number of hydrogen-bond acceptors (Lipinski definition) is 4. The van der Waals surface area contributed by atoms with E-state index in [1.54, 1.807) is 0 Å². The number of ether oxygens (including phenoxy) is 1. The standard InChI is InChI=1S/C17H20F4N2O3/c18-16(19)17(20,21)26-14-4-2-1-3-11(14)15(25)23-12-5-9-7-22-8-10(9)6-13(12)24/h1-4,9-10,12-13,16,22,24H,5-8H2,(H,23,25)/t9-,10+,12-,13-/m0/s1. The Hall–Kier alpha value is -1.87. The summed E-state index contributed by atoms with van der Waals surface area (Å²) in [5, 5.41) is 16.1. The summed E-state index contributed by atoms with van der Waals surface area (Å²) < 4.78 is 55.2. The summed E-state index contributed by atoms with van der Waals surface area (Å²) in [6.45, 7) is 1.62. The summed E-state index contributed by atoms with van der Waals surface area (Å²) in [4.78, 5) is 12.5. The van der Waals surface area contributed by atoms with E-state index in [9.17, 15) is 27.5 Å². The van der Waals surface area contributed by atoms with Crippen LogP contribution >= 0.6 is 0 Å². The van der Waals surface area contributed by atoms with Gasteiger partial charge in [-0.3, -0.25) is 4.79 Å². The lowest BCUT2D eigenvalue weighted by Gasteiger charge is -2.35. The zero-order valence-corrected chi connectivity index (χ0v) is 13.8. The molecule has 2 fully saturated rings. The predicted octanol–water partition coefficient (Wildman–Crippen LogP) is 2.01. The molecular formula is C17H20F4N2O3. The first-order chi connectivity index (χ1) is 12.3. The number of carbonyl (C=O) groups excluding carboxylic acids is 1. The van der Waals surface area contributed by atoms with Gasteiger partial charge in [-0.1, -0.05) is 12.1 Å². The molecule has 5 nitrogen and oxygen atoms in total. The van der Waals surface area contributed by atoms with Gasteiger partial charge in [-0.15, -0.1) is 0 Å². The maximum atomic E-state index is 13.2. The van der Waals surface area contributed by atoms with Crippen LogP contribution in [0.25, 0.3) is 0 Å². The van der Waals surface area contributed by atoms with Gasteiger partial charge in [0.15, 0.2) is 0 Å². The third-order valence-electron chi connectivity index (χ3n) is 4.99. The molecule has 9 heteroatoms. The van der Waals surface area contributed by atoms with Gasteiger partial charge in [-0.2, -0.15) is 17.6 Å². The molecule has 1 aromatic carbocycles. The number of benzene rings is 1. The van der Waals surface area contributed by atoms with E-state index in [0.717, 1.165) is 19.2 Å². The largest absolute Gasteiger partial charge is 0.461 e. The van der Waals surface area contributed by atoms with Gasteiger partial charge in [0, 0.05) is 0 Å². The van der Waals surface area contributed by atoms with Gasteiger partial charge in [0.2, 0.25) is 0 Å². The maximum absolute atomic E-state index is 13.2. The number of alkyl halides is 4. The molecule has 144 valence electrons. The van der Waals surface area contributed by atoms with E-state index >= 15 is 0 Å². The van der Waals surface area contributed by atoms with E-state index in [-0.39, 0.29) is 5.56 Å². The minimum atomic E-state index is -4.70. The Balaban J connectivity index is 1.72. The van der Waals surface area contributed by atoms with Crippen molar-refractivity contribution < 1.29 is 32.2 Å². The van der Waals surface area contributed by atoms with Crippen LogP contribution in [0.4, 0.5) is 17.6 Å². The zero-order chi connectivity index (χ0) is 18.9. The van der Waals surface area contributed by atoms with Crippen molar-refractivity contribution >= 4 is 5.91 Å². The van der Waals surface area contributed by atoms with Gasteiger partial charge >= 0.3 is 12.5 Å². The average molecular weight is 376 g/mol. The highest BCUT2D eigenvalue weighted by Crippen LogP contribution is 2.34. The minimum Gasteiger partial charge on any atom is -0.427 e. The molecule has 0 bridgehead atoms. The van der Waals surface area contributed by atoms with Crippen molar-refractivity contribution in [3.63, 3.8) is 0 Å². The van der Waals surface area contributed by atoms with Crippen LogP contribution < -0.4 is 15.4 Å². The fourth-order valence-corrected chi connectivity index (χ4v) is 3.63. The number of rotatable bonds is 5. The number of hydrogen-bond donors (Lipinski definition) is 3. The van der Waals surface area contributed by atoms with Crippen LogP contribution in [0.15, 0.2) is 24.3 Å². The summed E-state index contributed by atoms with van der Waals surface area (Å²) in [6, 6.07) is 4.42. The molecule has 1 aliphatic heterocycles. The topological polar surface area (TPSA) is 70.6 Å². The Labute approximate surface area is 147 Å². The fourth-order valence-electron chi connectivity index (χ4n) is 3.63. The van der Waals surface area contributed by atoms with Gasteiger partial charge in [-0.25, -0.2) is 0 Å². The molecule has 1 aliphatic carbocycles. The van der Waals surface area contributed by atoms with Crippen LogP contribution in [0.1, 0.15) is 23.2 Å². The summed E-state index contributed by atoms with van der Waals surface area (Å²) in [7, 11) is 0. The molecule has 1 heterocycles. The van der Waals surface area contributed by atoms with Gasteiger partial charge in [-0.05, 0) is 49.9 Å². The Morgan fingerprint density at radius 2 is 1.88 bits per heavy atom. The highest BCUT2D eigenvalue weighted by Gasteiger charge is 2.45. The lowest BCUT2D eigenvalue weighted by Crippen LogP contribution is -2.49. The second-order valence-corrected chi connectivity index (χ2v) is 6.76. The quantitative estimate of drug-likeness (QED) is 0.688. The molecule has 26 heavy (non-hydrogen) atoms. The van der Waals surface area contributed by atoms with Crippen molar-refractivity contribution in [2.24, 2.45) is 11.8 Å². The zero-order valence-electron chi connectivity index (χ0n) is 13.8. The summed E-state index contributed by atoms with van der Waals surface area (Å²) in [5.41, 5.74) is -0.285. The number of halogens is 4. The molecule has 0 aromatic heterocycles. The van der Waals surface area contributed by atoms with Gasteiger partial charge in [0.25, 0.3) is 5.91 Å². The van der Waals surface area contributed by atoms with E-state index < -0.39 is 36.3 Å². The van der Waals surface area contributed by atoms with Crippen molar-refractivity contribution in [2.75, 3.05) is 13.1 Å². The second-order valence-electron chi connectivity index (χ2n) is 6.76. The fraction of sp³-hybridized carbons (Fsp3) is 0.588. The molecule has 0 unspecified atom stereocenters. The van der Waals surface area contributed by atoms with Crippen LogP contribution in [-0.4, -0.2) is 48.8 Å².